The molecule has 0 radical (unpaired) electrons. The van der Waals surface area contributed by atoms with E-state index in [1.54, 1.807) is 44.4 Å². The third-order valence-corrected chi connectivity index (χ3v) is 4.32. The van der Waals surface area contributed by atoms with Gasteiger partial charge in [0.15, 0.2) is 11.5 Å². The Labute approximate surface area is 158 Å². The molecule has 0 spiro atoms. The topological polar surface area (TPSA) is 66.5 Å². The van der Waals surface area contributed by atoms with E-state index in [4.69, 9.17) is 23.7 Å². The minimum absolute atomic E-state index is 0.164. The highest BCUT2D eigenvalue weighted by Crippen LogP contribution is 2.40. The first-order valence-electron chi connectivity index (χ1n) is 8.51. The van der Waals surface area contributed by atoms with Gasteiger partial charge in [0.05, 0.1) is 21.3 Å². The summed E-state index contributed by atoms with van der Waals surface area (Å²) in [6.07, 6.45) is 0. The maximum absolute atomic E-state index is 12.9. The third-order valence-electron chi connectivity index (χ3n) is 4.32. The minimum atomic E-state index is -0.164. The molecule has 7 heteroatoms. The van der Waals surface area contributed by atoms with E-state index in [2.05, 4.69) is 0 Å². The second kappa shape index (κ2) is 8.07. The third kappa shape index (κ3) is 3.86. The van der Waals surface area contributed by atoms with Crippen LogP contribution in [-0.4, -0.2) is 52.4 Å². The lowest BCUT2D eigenvalue weighted by Gasteiger charge is -2.23. The van der Waals surface area contributed by atoms with Gasteiger partial charge in [-0.3, -0.25) is 4.79 Å². The first kappa shape index (κ1) is 18.7. The molecule has 0 saturated carbocycles. The molecule has 1 aliphatic heterocycles. The molecule has 27 heavy (non-hydrogen) atoms. The molecule has 0 fully saturated rings. The van der Waals surface area contributed by atoms with Crippen molar-refractivity contribution in [3.63, 3.8) is 0 Å². The van der Waals surface area contributed by atoms with Crippen LogP contribution in [0.15, 0.2) is 30.3 Å². The number of amides is 1. The molecule has 0 N–H and O–H groups in total. The van der Waals surface area contributed by atoms with E-state index in [0.29, 0.717) is 54.1 Å². The summed E-state index contributed by atoms with van der Waals surface area (Å²) in [5.74, 6) is 2.71. The number of carbonyl (C=O) groups excluding carboxylic acids is 1. The Morgan fingerprint density at radius 3 is 2.44 bits per heavy atom. The van der Waals surface area contributed by atoms with Gasteiger partial charge in [0.2, 0.25) is 5.75 Å². The fourth-order valence-electron chi connectivity index (χ4n) is 2.93. The molecular weight excluding hydrogens is 350 g/mol. The van der Waals surface area contributed by atoms with Crippen molar-refractivity contribution in [2.45, 2.75) is 6.54 Å². The van der Waals surface area contributed by atoms with E-state index in [1.807, 2.05) is 12.1 Å². The molecule has 0 bridgehead atoms. The van der Waals surface area contributed by atoms with Crippen LogP contribution in [0.4, 0.5) is 0 Å². The van der Waals surface area contributed by atoms with Crippen molar-refractivity contribution in [1.82, 2.24) is 4.90 Å². The van der Waals surface area contributed by atoms with Gasteiger partial charge in [-0.15, -0.1) is 0 Å². The highest BCUT2D eigenvalue weighted by Gasteiger charge is 2.23. The lowest BCUT2D eigenvalue weighted by molar-refractivity contribution is 0.0782. The average Bonchev–Trinajstić information content (AvgIpc) is 2.72. The van der Waals surface area contributed by atoms with E-state index in [0.717, 1.165) is 5.56 Å². The number of fused-ring (bicyclic) bond motifs is 1. The zero-order chi connectivity index (χ0) is 19.4. The van der Waals surface area contributed by atoms with Crippen molar-refractivity contribution in [2.75, 3.05) is 41.6 Å². The van der Waals surface area contributed by atoms with Crippen LogP contribution in [0, 0.1) is 0 Å². The largest absolute Gasteiger partial charge is 0.497 e. The van der Waals surface area contributed by atoms with Crippen molar-refractivity contribution < 1.29 is 28.5 Å². The fraction of sp³-hybridized carbons (Fsp3) is 0.350. The van der Waals surface area contributed by atoms with Gasteiger partial charge in [0, 0.05) is 30.8 Å². The second-order valence-electron chi connectivity index (χ2n) is 6.04. The monoisotopic (exact) mass is 373 g/mol. The number of rotatable bonds is 6. The first-order valence-corrected chi connectivity index (χ1v) is 8.51. The second-order valence-corrected chi connectivity index (χ2v) is 6.04. The van der Waals surface area contributed by atoms with Crippen LogP contribution in [0.2, 0.25) is 0 Å². The van der Waals surface area contributed by atoms with Crippen LogP contribution < -0.4 is 23.7 Å². The Bertz CT molecular complexity index is 818. The summed E-state index contributed by atoms with van der Waals surface area (Å²) >= 11 is 0. The standard InChI is InChI=1S/C20H23NO6/c1-21(12-13-5-6-15(23-2)11-16(13)24-3)20(22)14-9-17(25-4)19-18(10-14)26-7-8-27-19/h5-6,9-11H,7-8,12H2,1-4H3. The van der Waals surface area contributed by atoms with Gasteiger partial charge in [-0.2, -0.15) is 0 Å². The predicted molar refractivity (Wildman–Crippen MR) is 99.3 cm³/mol. The lowest BCUT2D eigenvalue weighted by Crippen LogP contribution is -2.27. The van der Waals surface area contributed by atoms with Gasteiger partial charge < -0.3 is 28.6 Å². The van der Waals surface area contributed by atoms with E-state index in [-0.39, 0.29) is 5.91 Å². The van der Waals surface area contributed by atoms with Crippen molar-refractivity contribution in [3.8, 4) is 28.7 Å². The molecule has 1 heterocycles. The molecule has 0 unspecified atom stereocenters. The van der Waals surface area contributed by atoms with E-state index < -0.39 is 0 Å². The zero-order valence-electron chi connectivity index (χ0n) is 15.9. The number of hydrogen-bond acceptors (Lipinski definition) is 6. The highest BCUT2D eigenvalue weighted by molar-refractivity contribution is 5.95. The summed E-state index contributed by atoms with van der Waals surface area (Å²) in [6.45, 7) is 1.27. The maximum atomic E-state index is 12.9. The summed E-state index contributed by atoms with van der Waals surface area (Å²) in [4.78, 5) is 14.5. The number of methoxy groups -OCH3 is 3. The molecule has 0 atom stereocenters. The Morgan fingerprint density at radius 2 is 1.74 bits per heavy atom. The maximum Gasteiger partial charge on any atom is 0.254 e. The molecule has 1 aliphatic rings. The average molecular weight is 373 g/mol. The number of nitrogens with zero attached hydrogens (tertiary/aromatic N) is 1. The normalized spacial score (nSPS) is 12.3. The van der Waals surface area contributed by atoms with Gasteiger partial charge in [-0.1, -0.05) is 0 Å². The molecule has 2 aromatic carbocycles. The first-order chi connectivity index (χ1) is 13.1. The molecule has 0 aromatic heterocycles. The molecule has 0 aliphatic carbocycles. The summed E-state index contributed by atoms with van der Waals surface area (Å²) in [7, 11) is 6.45. The summed E-state index contributed by atoms with van der Waals surface area (Å²) < 4.78 is 27.2. The van der Waals surface area contributed by atoms with Crippen molar-refractivity contribution >= 4 is 5.91 Å². The Balaban J connectivity index is 1.84. The van der Waals surface area contributed by atoms with Crippen LogP contribution >= 0.6 is 0 Å². The highest BCUT2D eigenvalue weighted by atomic mass is 16.6. The van der Waals surface area contributed by atoms with Gasteiger partial charge in [-0.05, 0) is 24.3 Å². The molecule has 2 aromatic rings. The Kier molecular flexibility index (Phi) is 5.59. The fourth-order valence-corrected chi connectivity index (χ4v) is 2.93. The van der Waals surface area contributed by atoms with Crippen molar-refractivity contribution in [3.05, 3.63) is 41.5 Å². The SMILES string of the molecule is COc1ccc(CN(C)C(=O)c2cc(OC)c3c(c2)OCCO3)c(OC)c1. The van der Waals surface area contributed by atoms with E-state index in [9.17, 15) is 4.79 Å². The van der Waals surface area contributed by atoms with Gasteiger partial charge >= 0.3 is 0 Å². The van der Waals surface area contributed by atoms with Gasteiger partial charge in [0.1, 0.15) is 24.7 Å². The van der Waals surface area contributed by atoms with E-state index in [1.165, 1.54) is 7.11 Å². The minimum Gasteiger partial charge on any atom is -0.497 e. The summed E-state index contributed by atoms with van der Waals surface area (Å²) in [5, 5.41) is 0. The molecule has 144 valence electrons. The Morgan fingerprint density at radius 1 is 1.00 bits per heavy atom. The number of carbonyl (C=O) groups is 1. The molecular formula is C20H23NO6. The van der Waals surface area contributed by atoms with Crippen LogP contribution in [0.1, 0.15) is 15.9 Å². The zero-order valence-corrected chi connectivity index (χ0v) is 15.9. The number of benzene rings is 2. The summed E-state index contributed by atoms with van der Waals surface area (Å²) in [5.41, 5.74) is 1.34. The van der Waals surface area contributed by atoms with Crippen LogP contribution in [-0.2, 0) is 6.54 Å². The number of ether oxygens (including phenoxy) is 5. The van der Waals surface area contributed by atoms with Crippen LogP contribution in [0.5, 0.6) is 28.7 Å². The molecule has 1 amide bonds. The van der Waals surface area contributed by atoms with Crippen LogP contribution in [0.25, 0.3) is 0 Å². The lowest BCUT2D eigenvalue weighted by atomic mass is 10.1. The quantitative estimate of drug-likeness (QED) is 0.776. The van der Waals surface area contributed by atoms with Crippen LogP contribution in [0.3, 0.4) is 0 Å². The smallest absolute Gasteiger partial charge is 0.254 e. The predicted octanol–water partition coefficient (Wildman–Crippen LogP) is 2.76. The number of hydrogen-bond donors (Lipinski definition) is 0. The van der Waals surface area contributed by atoms with Crippen molar-refractivity contribution in [2.24, 2.45) is 0 Å². The summed E-state index contributed by atoms with van der Waals surface area (Å²) in [6, 6.07) is 8.86. The molecule has 0 saturated heterocycles. The van der Waals surface area contributed by atoms with E-state index >= 15 is 0 Å². The van der Waals surface area contributed by atoms with Gasteiger partial charge in [0.25, 0.3) is 5.91 Å². The Hall–Kier alpha value is -3.09. The van der Waals surface area contributed by atoms with Crippen molar-refractivity contribution in [1.29, 1.82) is 0 Å². The molecule has 3 rings (SSSR count). The van der Waals surface area contributed by atoms with Gasteiger partial charge in [-0.25, -0.2) is 0 Å². The molecule has 7 nitrogen and oxygen atoms in total.